The molecule has 0 spiro atoms. The van der Waals surface area contributed by atoms with Gasteiger partial charge in [-0.05, 0) is 36.0 Å². The predicted molar refractivity (Wildman–Crippen MR) is 66.9 cm³/mol. The lowest BCUT2D eigenvalue weighted by Gasteiger charge is -2.31. The van der Waals surface area contributed by atoms with Gasteiger partial charge in [-0.1, -0.05) is 59.3 Å². The van der Waals surface area contributed by atoms with Crippen LogP contribution in [0, 0.1) is 23.2 Å². The number of hydrogen-bond donors (Lipinski definition) is 0. The van der Waals surface area contributed by atoms with Crippen molar-refractivity contribution in [3.63, 3.8) is 0 Å². The van der Waals surface area contributed by atoms with Crippen LogP contribution in [0.5, 0.6) is 0 Å². The smallest absolute Gasteiger partial charge is 0.0326 e. The van der Waals surface area contributed by atoms with Crippen LogP contribution >= 0.6 is 0 Å². The first kappa shape index (κ1) is 11.5. The molecule has 0 aromatic heterocycles. The molecule has 2 aliphatic carbocycles. The van der Waals surface area contributed by atoms with Crippen LogP contribution in [-0.4, -0.2) is 0 Å². The molecule has 0 amide bonds. The Kier molecular flexibility index (Phi) is 3.42. The maximum absolute atomic E-state index is 2.52. The van der Waals surface area contributed by atoms with Gasteiger partial charge in [0.05, 0.1) is 0 Å². The fourth-order valence-corrected chi connectivity index (χ4v) is 3.98. The van der Waals surface area contributed by atoms with Crippen molar-refractivity contribution in [2.75, 3.05) is 0 Å². The van der Waals surface area contributed by atoms with Gasteiger partial charge in [0.15, 0.2) is 0 Å². The molecule has 2 fully saturated rings. The first-order chi connectivity index (χ1) is 7.11. The van der Waals surface area contributed by atoms with Crippen LogP contribution in [0.15, 0.2) is 0 Å². The van der Waals surface area contributed by atoms with Gasteiger partial charge in [-0.2, -0.15) is 0 Å². The third-order valence-corrected chi connectivity index (χ3v) is 5.50. The van der Waals surface area contributed by atoms with E-state index in [1.807, 2.05) is 0 Å². The molecule has 2 unspecified atom stereocenters. The maximum Gasteiger partial charge on any atom is -0.0326 e. The van der Waals surface area contributed by atoms with E-state index in [-0.39, 0.29) is 0 Å². The van der Waals surface area contributed by atoms with Crippen molar-refractivity contribution in [3.05, 3.63) is 0 Å². The van der Waals surface area contributed by atoms with E-state index in [2.05, 4.69) is 20.8 Å². The fraction of sp³-hybridized carbons (Fsp3) is 1.00. The molecule has 0 saturated heterocycles. The van der Waals surface area contributed by atoms with E-state index >= 15 is 0 Å². The molecule has 0 N–H and O–H groups in total. The average molecular weight is 208 g/mol. The standard InChI is InChI=1S/C15H28/c1-12-14(10-11-15(12,2)3)13-8-6-4-5-7-9-13/h12-14H,4-11H2,1-3H3. The van der Waals surface area contributed by atoms with E-state index in [0.29, 0.717) is 5.41 Å². The van der Waals surface area contributed by atoms with Crippen LogP contribution in [0.25, 0.3) is 0 Å². The topological polar surface area (TPSA) is 0 Å². The number of rotatable bonds is 1. The van der Waals surface area contributed by atoms with Crippen molar-refractivity contribution in [2.24, 2.45) is 23.2 Å². The van der Waals surface area contributed by atoms with E-state index < -0.39 is 0 Å². The zero-order valence-corrected chi connectivity index (χ0v) is 10.9. The molecular formula is C15H28. The maximum atomic E-state index is 2.52. The summed E-state index contributed by atoms with van der Waals surface area (Å²) in [5.41, 5.74) is 0.622. The molecule has 0 bridgehead atoms. The molecule has 15 heavy (non-hydrogen) atoms. The Morgan fingerprint density at radius 3 is 1.93 bits per heavy atom. The highest BCUT2D eigenvalue weighted by atomic mass is 14.5. The zero-order valence-electron chi connectivity index (χ0n) is 10.9. The average Bonchev–Trinajstić information content (AvgIpc) is 2.46. The van der Waals surface area contributed by atoms with Gasteiger partial charge in [0.25, 0.3) is 0 Å². The first-order valence-corrected chi connectivity index (χ1v) is 7.11. The second-order valence-electron chi connectivity index (χ2n) is 6.73. The molecular weight excluding hydrogens is 180 g/mol. The summed E-state index contributed by atoms with van der Waals surface area (Å²) < 4.78 is 0. The summed E-state index contributed by atoms with van der Waals surface area (Å²) in [6, 6.07) is 0. The fourth-order valence-electron chi connectivity index (χ4n) is 3.98. The summed E-state index contributed by atoms with van der Waals surface area (Å²) in [5, 5.41) is 0. The van der Waals surface area contributed by atoms with Gasteiger partial charge in [-0.25, -0.2) is 0 Å². The molecule has 0 aromatic carbocycles. The Morgan fingerprint density at radius 1 is 0.867 bits per heavy atom. The summed E-state index contributed by atoms with van der Waals surface area (Å²) in [5.74, 6) is 3.09. The lowest BCUT2D eigenvalue weighted by Crippen LogP contribution is -2.24. The van der Waals surface area contributed by atoms with Gasteiger partial charge < -0.3 is 0 Å². The largest absolute Gasteiger partial charge is 0.0617 e. The third kappa shape index (κ3) is 2.40. The molecule has 0 aromatic rings. The van der Waals surface area contributed by atoms with E-state index in [0.717, 1.165) is 17.8 Å². The van der Waals surface area contributed by atoms with Gasteiger partial charge in [0, 0.05) is 0 Å². The third-order valence-electron chi connectivity index (χ3n) is 5.50. The lowest BCUT2D eigenvalue weighted by molar-refractivity contribution is 0.179. The minimum Gasteiger partial charge on any atom is -0.0617 e. The molecule has 0 aliphatic heterocycles. The second-order valence-corrected chi connectivity index (χ2v) is 6.73. The Hall–Kier alpha value is 0. The summed E-state index contributed by atoms with van der Waals surface area (Å²) in [4.78, 5) is 0. The SMILES string of the molecule is CC1C(C2CCCCCC2)CCC1(C)C. The van der Waals surface area contributed by atoms with E-state index in [9.17, 15) is 0 Å². The van der Waals surface area contributed by atoms with Crippen molar-refractivity contribution in [3.8, 4) is 0 Å². The minimum atomic E-state index is 0.622. The second kappa shape index (κ2) is 4.47. The van der Waals surface area contributed by atoms with Gasteiger partial charge in [-0.15, -0.1) is 0 Å². The van der Waals surface area contributed by atoms with E-state index in [1.165, 1.54) is 51.4 Å². The highest BCUT2D eigenvalue weighted by Gasteiger charge is 2.41. The Bertz CT molecular complexity index is 196. The normalized spacial score (nSPS) is 37.8. The van der Waals surface area contributed by atoms with Gasteiger partial charge in [0.2, 0.25) is 0 Å². The number of hydrogen-bond acceptors (Lipinski definition) is 0. The zero-order chi connectivity index (χ0) is 10.9. The van der Waals surface area contributed by atoms with Crippen molar-refractivity contribution in [2.45, 2.75) is 72.1 Å². The molecule has 2 saturated carbocycles. The van der Waals surface area contributed by atoms with E-state index in [1.54, 1.807) is 0 Å². The Labute approximate surface area is 95.8 Å². The molecule has 0 heteroatoms. The first-order valence-electron chi connectivity index (χ1n) is 7.11. The molecule has 2 rings (SSSR count). The monoisotopic (exact) mass is 208 g/mol. The molecule has 88 valence electrons. The summed E-state index contributed by atoms with van der Waals surface area (Å²) in [7, 11) is 0. The van der Waals surface area contributed by atoms with Crippen LogP contribution in [0.2, 0.25) is 0 Å². The molecule has 0 heterocycles. The lowest BCUT2D eigenvalue weighted by atomic mass is 9.74. The van der Waals surface area contributed by atoms with Crippen molar-refractivity contribution in [1.29, 1.82) is 0 Å². The van der Waals surface area contributed by atoms with Crippen molar-refractivity contribution < 1.29 is 0 Å². The highest BCUT2D eigenvalue weighted by molar-refractivity contribution is 4.91. The van der Waals surface area contributed by atoms with Gasteiger partial charge in [0.1, 0.15) is 0 Å². The Morgan fingerprint density at radius 2 is 1.47 bits per heavy atom. The summed E-state index contributed by atoms with van der Waals surface area (Å²) in [6.45, 7) is 7.48. The predicted octanol–water partition coefficient (Wildman–Crippen LogP) is 5.03. The molecule has 0 nitrogen and oxygen atoms in total. The summed E-state index contributed by atoms with van der Waals surface area (Å²) >= 11 is 0. The van der Waals surface area contributed by atoms with E-state index in [4.69, 9.17) is 0 Å². The van der Waals surface area contributed by atoms with Crippen LogP contribution in [-0.2, 0) is 0 Å². The summed E-state index contributed by atoms with van der Waals surface area (Å²) in [6.07, 6.45) is 12.1. The van der Waals surface area contributed by atoms with Crippen LogP contribution in [0.3, 0.4) is 0 Å². The molecule has 2 atom stereocenters. The molecule has 0 radical (unpaired) electrons. The van der Waals surface area contributed by atoms with Crippen LogP contribution in [0.4, 0.5) is 0 Å². The highest BCUT2D eigenvalue weighted by Crippen LogP contribution is 2.51. The van der Waals surface area contributed by atoms with Crippen molar-refractivity contribution >= 4 is 0 Å². The van der Waals surface area contributed by atoms with Gasteiger partial charge in [-0.3, -0.25) is 0 Å². The Balaban J connectivity index is 1.98. The quantitative estimate of drug-likeness (QED) is 0.530. The van der Waals surface area contributed by atoms with Crippen molar-refractivity contribution in [1.82, 2.24) is 0 Å². The van der Waals surface area contributed by atoms with Crippen LogP contribution < -0.4 is 0 Å². The van der Waals surface area contributed by atoms with Gasteiger partial charge >= 0.3 is 0 Å². The molecule has 2 aliphatic rings. The minimum absolute atomic E-state index is 0.622. The van der Waals surface area contributed by atoms with Crippen LogP contribution in [0.1, 0.15) is 72.1 Å².